The van der Waals surface area contributed by atoms with Crippen LogP contribution < -0.4 is 10.2 Å². The van der Waals surface area contributed by atoms with Gasteiger partial charge in [0.1, 0.15) is 0 Å². The van der Waals surface area contributed by atoms with E-state index in [0.29, 0.717) is 18.4 Å². The first kappa shape index (κ1) is 12.3. The number of halogens is 1. The Morgan fingerprint density at radius 3 is 2.53 bits per heavy atom. The average Bonchev–Trinajstić information content (AvgIpc) is 2.59. The maximum atomic E-state index is 9.46. The van der Waals surface area contributed by atoms with Gasteiger partial charge in [0, 0.05) is 19.6 Å². The Hall–Kier alpha value is -1.18. The van der Waals surface area contributed by atoms with Crippen LogP contribution in [0.25, 0.3) is 0 Å². The Kier molecular flexibility index (Phi) is 3.60. The third-order valence-corrected chi connectivity index (χ3v) is 2.64. The highest BCUT2D eigenvalue weighted by Crippen LogP contribution is 2.19. The fourth-order valence-electron chi connectivity index (χ4n) is 1.65. The number of nitrogens with one attached hydrogen (secondary N) is 1. The Bertz CT molecular complexity index is 395. The SMILES string of the molecule is CCNc1nc(Cl)nc(N2CC(O)C(O)C2)n1. The third kappa shape index (κ3) is 2.74. The summed E-state index contributed by atoms with van der Waals surface area (Å²) in [6.45, 7) is 3.16. The number of hydrogen-bond acceptors (Lipinski definition) is 7. The molecule has 0 spiro atoms. The summed E-state index contributed by atoms with van der Waals surface area (Å²) in [5.41, 5.74) is 0. The van der Waals surface area contributed by atoms with Crippen LogP contribution in [-0.2, 0) is 0 Å². The molecule has 8 heteroatoms. The van der Waals surface area contributed by atoms with Crippen molar-refractivity contribution in [2.45, 2.75) is 19.1 Å². The molecule has 2 atom stereocenters. The van der Waals surface area contributed by atoms with E-state index in [2.05, 4.69) is 20.3 Å². The summed E-state index contributed by atoms with van der Waals surface area (Å²) in [6, 6.07) is 0. The fraction of sp³-hybridized carbons (Fsp3) is 0.667. The molecule has 2 unspecified atom stereocenters. The van der Waals surface area contributed by atoms with Crippen molar-refractivity contribution < 1.29 is 10.2 Å². The number of aromatic nitrogens is 3. The van der Waals surface area contributed by atoms with Gasteiger partial charge in [0.15, 0.2) is 0 Å². The third-order valence-electron chi connectivity index (χ3n) is 2.47. The van der Waals surface area contributed by atoms with E-state index in [0.717, 1.165) is 0 Å². The summed E-state index contributed by atoms with van der Waals surface area (Å²) in [4.78, 5) is 13.7. The molecule has 17 heavy (non-hydrogen) atoms. The van der Waals surface area contributed by atoms with Crippen LogP contribution in [0.4, 0.5) is 11.9 Å². The van der Waals surface area contributed by atoms with E-state index >= 15 is 0 Å². The summed E-state index contributed by atoms with van der Waals surface area (Å²) in [5.74, 6) is 0.745. The highest BCUT2D eigenvalue weighted by atomic mass is 35.5. The predicted molar refractivity (Wildman–Crippen MR) is 63.2 cm³/mol. The van der Waals surface area contributed by atoms with Crippen molar-refractivity contribution >= 4 is 23.5 Å². The number of β-amino-alcohol motifs (C(OH)–C–C–N with tert-alkyl or cyclic N) is 2. The number of nitrogens with zero attached hydrogens (tertiary/aromatic N) is 4. The van der Waals surface area contributed by atoms with Crippen molar-refractivity contribution in [2.24, 2.45) is 0 Å². The van der Waals surface area contributed by atoms with Crippen LogP contribution in [0, 0.1) is 0 Å². The van der Waals surface area contributed by atoms with Crippen LogP contribution in [0.5, 0.6) is 0 Å². The molecule has 0 radical (unpaired) electrons. The Balaban J connectivity index is 2.20. The molecule has 1 fully saturated rings. The van der Waals surface area contributed by atoms with E-state index < -0.39 is 12.2 Å². The first-order valence-corrected chi connectivity index (χ1v) is 5.74. The number of aliphatic hydroxyl groups is 2. The zero-order valence-electron chi connectivity index (χ0n) is 9.34. The smallest absolute Gasteiger partial charge is 0.231 e. The summed E-state index contributed by atoms with van der Waals surface area (Å²) in [5, 5.41) is 21.9. The van der Waals surface area contributed by atoms with Gasteiger partial charge in [-0.05, 0) is 18.5 Å². The van der Waals surface area contributed by atoms with E-state index in [-0.39, 0.29) is 18.4 Å². The quantitative estimate of drug-likeness (QED) is 0.674. The molecular weight excluding hydrogens is 246 g/mol. The largest absolute Gasteiger partial charge is 0.388 e. The molecule has 1 aromatic rings. The van der Waals surface area contributed by atoms with E-state index in [4.69, 9.17) is 11.6 Å². The minimum atomic E-state index is -0.784. The molecule has 0 bridgehead atoms. The van der Waals surface area contributed by atoms with Crippen LogP contribution in [-0.4, -0.2) is 57.0 Å². The second kappa shape index (κ2) is 4.99. The second-order valence-electron chi connectivity index (χ2n) is 3.80. The number of anilines is 2. The van der Waals surface area contributed by atoms with E-state index in [1.807, 2.05) is 6.92 Å². The summed E-state index contributed by atoms with van der Waals surface area (Å²) in [7, 11) is 0. The Morgan fingerprint density at radius 1 is 1.29 bits per heavy atom. The van der Waals surface area contributed by atoms with Gasteiger partial charge in [-0.3, -0.25) is 0 Å². The molecule has 0 amide bonds. The maximum Gasteiger partial charge on any atom is 0.231 e. The molecular formula is C9H14ClN5O2. The Morgan fingerprint density at radius 2 is 1.94 bits per heavy atom. The lowest BCUT2D eigenvalue weighted by Crippen LogP contribution is -2.24. The molecule has 0 aliphatic carbocycles. The van der Waals surface area contributed by atoms with Gasteiger partial charge in [0.2, 0.25) is 17.2 Å². The predicted octanol–water partition coefficient (Wildman–Crippen LogP) is -0.501. The molecule has 0 aromatic carbocycles. The molecule has 1 aliphatic heterocycles. The lowest BCUT2D eigenvalue weighted by atomic mass is 10.3. The zero-order valence-corrected chi connectivity index (χ0v) is 10.1. The van der Waals surface area contributed by atoms with Gasteiger partial charge in [0.05, 0.1) is 12.2 Å². The monoisotopic (exact) mass is 259 g/mol. The van der Waals surface area contributed by atoms with Crippen molar-refractivity contribution in [3.8, 4) is 0 Å². The standard InChI is InChI=1S/C9H14ClN5O2/c1-2-11-8-12-7(10)13-9(14-8)15-3-5(16)6(17)4-15/h5-6,16-17H,2-4H2,1H3,(H,11,12,13,14). The molecule has 2 heterocycles. The fourth-order valence-corrected chi connectivity index (χ4v) is 1.81. The second-order valence-corrected chi connectivity index (χ2v) is 4.14. The van der Waals surface area contributed by atoms with E-state index in [1.54, 1.807) is 4.90 Å². The first-order chi connectivity index (χ1) is 8.10. The molecule has 1 saturated heterocycles. The van der Waals surface area contributed by atoms with Crippen LogP contribution in [0.2, 0.25) is 5.28 Å². The molecule has 7 nitrogen and oxygen atoms in total. The van der Waals surface area contributed by atoms with Crippen molar-refractivity contribution in [1.29, 1.82) is 0 Å². The van der Waals surface area contributed by atoms with Gasteiger partial charge in [-0.1, -0.05) is 0 Å². The lowest BCUT2D eigenvalue weighted by molar-refractivity contribution is 0.0572. The highest BCUT2D eigenvalue weighted by Gasteiger charge is 2.31. The van der Waals surface area contributed by atoms with Gasteiger partial charge in [0.25, 0.3) is 0 Å². The topological polar surface area (TPSA) is 94.4 Å². The first-order valence-electron chi connectivity index (χ1n) is 5.36. The van der Waals surface area contributed by atoms with Gasteiger partial charge in [-0.25, -0.2) is 0 Å². The molecule has 3 N–H and O–H groups in total. The highest BCUT2D eigenvalue weighted by molar-refractivity contribution is 6.28. The molecule has 2 rings (SSSR count). The average molecular weight is 260 g/mol. The summed E-state index contributed by atoms with van der Waals surface area (Å²) >= 11 is 5.78. The Labute approximate surface area is 103 Å². The van der Waals surface area contributed by atoms with Gasteiger partial charge in [-0.15, -0.1) is 0 Å². The number of aliphatic hydroxyl groups excluding tert-OH is 2. The number of rotatable bonds is 3. The van der Waals surface area contributed by atoms with Crippen LogP contribution in [0.1, 0.15) is 6.92 Å². The summed E-state index contributed by atoms with van der Waals surface area (Å²) in [6.07, 6.45) is -1.57. The zero-order chi connectivity index (χ0) is 12.4. The van der Waals surface area contributed by atoms with Crippen molar-refractivity contribution in [3.63, 3.8) is 0 Å². The molecule has 94 valence electrons. The molecule has 1 aromatic heterocycles. The molecule has 0 saturated carbocycles. The van der Waals surface area contributed by atoms with Crippen LogP contribution in [0.3, 0.4) is 0 Å². The van der Waals surface area contributed by atoms with E-state index in [9.17, 15) is 10.2 Å². The van der Waals surface area contributed by atoms with Crippen molar-refractivity contribution in [3.05, 3.63) is 5.28 Å². The lowest BCUT2D eigenvalue weighted by Gasteiger charge is -2.15. The van der Waals surface area contributed by atoms with Gasteiger partial charge in [-0.2, -0.15) is 15.0 Å². The van der Waals surface area contributed by atoms with Gasteiger partial charge < -0.3 is 20.4 Å². The number of hydrogen-bond donors (Lipinski definition) is 3. The van der Waals surface area contributed by atoms with E-state index in [1.165, 1.54) is 0 Å². The maximum absolute atomic E-state index is 9.46. The molecule has 1 aliphatic rings. The minimum absolute atomic E-state index is 0.0850. The van der Waals surface area contributed by atoms with Crippen LogP contribution >= 0.6 is 11.6 Å². The van der Waals surface area contributed by atoms with Crippen molar-refractivity contribution in [2.75, 3.05) is 29.9 Å². The minimum Gasteiger partial charge on any atom is -0.388 e. The van der Waals surface area contributed by atoms with Crippen LogP contribution in [0.15, 0.2) is 0 Å². The van der Waals surface area contributed by atoms with Gasteiger partial charge >= 0.3 is 0 Å². The summed E-state index contributed by atoms with van der Waals surface area (Å²) < 4.78 is 0. The normalized spacial score (nSPS) is 24.1. The van der Waals surface area contributed by atoms with Crippen molar-refractivity contribution in [1.82, 2.24) is 15.0 Å².